The van der Waals surface area contributed by atoms with Gasteiger partial charge in [-0.2, -0.15) is 0 Å². The summed E-state index contributed by atoms with van der Waals surface area (Å²) in [5.41, 5.74) is 1.25. The van der Waals surface area contributed by atoms with Gasteiger partial charge in [-0.25, -0.2) is 15.0 Å². The number of methoxy groups -OCH3 is 1. The van der Waals surface area contributed by atoms with Crippen LogP contribution in [0, 0.1) is 6.92 Å². The third-order valence-corrected chi connectivity index (χ3v) is 5.39. The van der Waals surface area contributed by atoms with Gasteiger partial charge in [-0.05, 0) is 23.9 Å². The second-order valence-electron chi connectivity index (χ2n) is 5.82. The van der Waals surface area contributed by atoms with Crippen molar-refractivity contribution in [3.63, 3.8) is 0 Å². The van der Waals surface area contributed by atoms with E-state index >= 15 is 0 Å². The van der Waals surface area contributed by atoms with Crippen LogP contribution in [0.25, 0.3) is 10.2 Å². The monoisotopic (exact) mass is 341 g/mol. The molecule has 1 aliphatic heterocycles. The van der Waals surface area contributed by atoms with Gasteiger partial charge >= 0.3 is 0 Å². The van der Waals surface area contributed by atoms with Gasteiger partial charge in [0.25, 0.3) is 0 Å². The molecule has 0 amide bonds. The maximum atomic E-state index is 5.30. The Balaban J connectivity index is 1.54. The zero-order valence-electron chi connectivity index (χ0n) is 13.8. The predicted octanol–water partition coefficient (Wildman–Crippen LogP) is 2.73. The molecule has 0 saturated carbocycles. The molecule has 0 bridgehead atoms. The highest BCUT2D eigenvalue weighted by atomic mass is 32.1. The molecule has 6 nitrogen and oxygen atoms in total. The summed E-state index contributed by atoms with van der Waals surface area (Å²) in [6.45, 7) is 5.78. The average molecular weight is 341 g/mol. The maximum Gasteiger partial charge on any atom is 0.141 e. The molecule has 3 aromatic rings. The Bertz CT molecular complexity index is 857. The number of anilines is 2. The van der Waals surface area contributed by atoms with Gasteiger partial charge in [0.2, 0.25) is 0 Å². The van der Waals surface area contributed by atoms with E-state index in [1.54, 1.807) is 31.0 Å². The number of piperazine rings is 1. The van der Waals surface area contributed by atoms with Crippen LogP contribution in [0.2, 0.25) is 0 Å². The summed E-state index contributed by atoms with van der Waals surface area (Å²) in [5.74, 6) is 2.86. The van der Waals surface area contributed by atoms with Gasteiger partial charge in [0.1, 0.15) is 28.5 Å². The first kappa shape index (κ1) is 15.1. The summed E-state index contributed by atoms with van der Waals surface area (Å²) in [7, 11) is 1.68. The maximum absolute atomic E-state index is 5.30. The molecule has 4 heterocycles. The SMILES string of the molecule is COc1ccnc(N2CCN(c3ncnc4scc(C)c34)CC2)c1. The molecule has 1 saturated heterocycles. The molecule has 4 rings (SSSR count). The van der Waals surface area contributed by atoms with Gasteiger partial charge in [-0.1, -0.05) is 0 Å². The molecule has 24 heavy (non-hydrogen) atoms. The van der Waals surface area contributed by atoms with Gasteiger partial charge in [0.05, 0.1) is 12.5 Å². The lowest BCUT2D eigenvalue weighted by molar-refractivity contribution is 0.414. The normalized spacial score (nSPS) is 15.1. The lowest BCUT2D eigenvalue weighted by Gasteiger charge is -2.36. The summed E-state index contributed by atoms with van der Waals surface area (Å²) in [6, 6.07) is 3.86. The lowest BCUT2D eigenvalue weighted by Crippen LogP contribution is -2.47. The van der Waals surface area contributed by atoms with Crippen molar-refractivity contribution in [2.45, 2.75) is 6.92 Å². The molecule has 0 spiro atoms. The van der Waals surface area contributed by atoms with Crippen molar-refractivity contribution in [3.8, 4) is 5.75 Å². The second-order valence-corrected chi connectivity index (χ2v) is 6.68. The molecule has 1 fully saturated rings. The Kier molecular flexibility index (Phi) is 3.93. The molecule has 1 aliphatic rings. The molecule has 3 aromatic heterocycles. The number of rotatable bonds is 3. The molecule has 124 valence electrons. The Morgan fingerprint density at radius 3 is 2.67 bits per heavy atom. The van der Waals surface area contributed by atoms with Gasteiger partial charge < -0.3 is 14.5 Å². The number of pyridine rings is 1. The number of ether oxygens (including phenoxy) is 1. The molecule has 0 unspecified atom stereocenters. The highest BCUT2D eigenvalue weighted by molar-refractivity contribution is 7.17. The van der Waals surface area contributed by atoms with E-state index in [9.17, 15) is 0 Å². The van der Waals surface area contributed by atoms with Crippen LogP contribution in [0.5, 0.6) is 5.75 Å². The molecule has 0 N–H and O–H groups in total. The fourth-order valence-corrected chi connectivity index (χ4v) is 3.97. The van der Waals surface area contributed by atoms with Crippen molar-refractivity contribution >= 4 is 33.2 Å². The van der Waals surface area contributed by atoms with Crippen molar-refractivity contribution in [1.29, 1.82) is 0 Å². The van der Waals surface area contributed by atoms with E-state index in [4.69, 9.17) is 4.74 Å². The first-order chi connectivity index (χ1) is 11.8. The third-order valence-electron chi connectivity index (χ3n) is 4.39. The van der Waals surface area contributed by atoms with Crippen molar-refractivity contribution in [2.24, 2.45) is 0 Å². The van der Waals surface area contributed by atoms with Crippen LogP contribution in [-0.2, 0) is 0 Å². The zero-order chi connectivity index (χ0) is 16.5. The standard InChI is InChI=1S/C17H19N5OS/c1-12-10-24-17-15(12)16(19-11-20-17)22-7-5-21(6-8-22)14-9-13(23-2)3-4-18-14/h3-4,9-11H,5-8H2,1-2H3. The fourth-order valence-electron chi connectivity index (χ4n) is 3.08. The molecule has 0 aliphatic carbocycles. The van der Waals surface area contributed by atoms with Crippen LogP contribution < -0.4 is 14.5 Å². The van der Waals surface area contributed by atoms with Crippen molar-refractivity contribution in [2.75, 3.05) is 43.1 Å². The van der Waals surface area contributed by atoms with E-state index in [-0.39, 0.29) is 0 Å². The number of aryl methyl sites for hydroxylation is 1. The minimum Gasteiger partial charge on any atom is -0.497 e. The van der Waals surface area contributed by atoms with Crippen LogP contribution in [0.15, 0.2) is 30.0 Å². The number of aromatic nitrogens is 3. The summed E-state index contributed by atoms with van der Waals surface area (Å²) < 4.78 is 5.30. The quantitative estimate of drug-likeness (QED) is 0.730. The Morgan fingerprint density at radius 1 is 1.08 bits per heavy atom. The number of fused-ring (bicyclic) bond motifs is 1. The van der Waals surface area contributed by atoms with E-state index in [2.05, 4.69) is 37.1 Å². The van der Waals surface area contributed by atoms with Gasteiger partial charge in [0, 0.05) is 38.4 Å². The molecule has 7 heteroatoms. The first-order valence-corrected chi connectivity index (χ1v) is 8.83. The van der Waals surface area contributed by atoms with Crippen LogP contribution in [0.3, 0.4) is 0 Å². The predicted molar refractivity (Wildman–Crippen MR) is 97.4 cm³/mol. The van der Waals surface area contributed by atoms with E-state index in [1.165, 1.54) is 10.9 Å². The molecular weight excluding hydrogens is 322 g/mol. The lowest BCUT2D eigenvalue weighted by atomic mass is 10.2. The minimum atomic E-state index is 0.842. The summed E-state index contributed by atoms with van der Waals surface area (Å²) in [4.78, 5) is 19.1. The highest BCUT2D eigenvalue weighted by Gasteiger charge is 2.22. The van der Waals surface area contributed by atoms with Crippen molar-refractivity contribution in [3.05, 3.63) is 35.6 Å². The molecule has 0 aromatic carbocycles. The van der Waals surface area contributed by atoms with Crippen molar-refractivity contribution in [1.82, 2.24) is 15.0 Å². The third kappa shape index (κ3) is 2.65. The van der Waals surface area contributed by atoms with E-state index in [1.807, 2.05) is 12.1 Å². The molecule has 0 atom stereocenters. The van der Waals surface area contributed by atoms with Crippen LogP contribution >= 0.6 is 11.3 Å². The Labute approximate surface area is 144 Å². The fraction of sp³-hybridized carbons (Fsp3) is 0.353. The molecule has 0 radical (unpaired) electrons. The number of hydrogen-bond donors (Lipinski definition) is 0. The zero-order valence-corrected chi connectivity index (χ0v) is 14.6. The van der Waals surface area contributed by atoms with Gasteiger partial charge in [-0.15, -0.1) is 11.3 Å². The number of nitrogens with zero attached hydrogens (tertiary/aromatic N) is 5. The first-order valence-electron chi connectivity index (χ1n) is 7.95. The van der Waals surface area contributed by atoms with E-state index in [0.717, 1.165) is 48.4 Å². The Morgan fingerprint density at radius 2 is 1.88 bits per heavy atom. The van der Waals surface area contributed by atoms with E-state index < -0.39 is 0 Å². The summed E-state index contributed by atoms with van der Waals surface area (Å²) in [5, 5.41) is 3.34. The molecular formula is C17H19N5OS. The summed E-state index contributed by atoms with van der Waals surface area (Å²) in [6.07, 6.45) is 3.47. The average Bonchev–Trinajstić information content (AvgIpc) is 3.03. The second kappa shape index (κ2) is 6.24. The minimum absolute atomic E-state index is 0.842. The largest absolute Gasteiger partial charge is 0.497 e. The topological polar surface area (TPSA) is 54.4 Å². The number of hydrogen-bond acceptors (Lipinski definition) is 7. The van der Waals surface area contributed by atoms with Crippen LogP contribution in [-0.4, -0.2) is 48.2 Å². The Hall–Kier alpha value is -2.41. The van der Waals surface area contributed by atoms with Crippen LogP contribution in [0.4, 0.5) is 11.6 Å². The number of thiophene rings is 1. The van der Waals surface area contributed by atoms with Gasteiger partial charge in [-0.3, -0.25) is 0 Å². The smallest absolute Gasteiger partial charge is 0.141 e. The van der Waals surface area contributed by atoms with E-state index in [0.29, 0.717) is 0 Å². The van der Waals surface area contributed by atoms with Crippen LogP contribution in [0.1, 0.15) is 5.56 Å². The van der Waals surface area contributed by atoms with Gasteiger partial charge in [0.15, 0.2) is 0 Å². The van der Waals surface area contributed by atoms with Crippen molar-refractivity contribution < 1.29 is 4.74 Å². The highest BCUT2D eigenvalue weighted by Crippen LogP contribution is 2.31. The summed E-state index contributed by atoms with van der Waals surface area (Å²) >= 11 is 1.68.